The number of nitrogens with one attached hydrogen (secondary N) is 3. The van der Waals surface area contributed by atoms with Crippen molar-refractivity contribution < 1.29 is 4.79 Å². The van der Waals surface area contributed by atoms with E-state index in [1.807, 2.05) is 42.5 Å². The summed E-state index contributed by atoms with van der Waals surface area (Å²) < 4.78 is 0. The summed E-state index contributed by atoms with van der Waals surface area (Å²) in [5.41, 5.74) is 1.74. The van der Waals surface area contributed by atoms with Gasteiger partial charge in [-0.05, 0) is 37.1 Å². The molecule has 1 fully saturated rings. The van der Waals surface area contributed by atoms with Crippen LogP contribution in [0.4, 0.5) is 16.6 Å². The van der Waals surface area contributed by atoms with Crippen molar-refractivity contribution >= 4 is 28.8 Å². The van der Waals surface area contributed by atoms with Gasteiger partial charge in [0.2, 0.25) is 5.95 Å². The van der Waals surface area contributed by atoms with Crippen molar-refractivity contribution in [3.63, 3.8) is 0 Å². The molecule has 0 spiro atoms. The van der Waals surface area contributed by atoms with Crippen molar-refractivity contribution in [3.8, 4) is 0 Å². The van der Waals surface area contributed by atoms with Gasteiger partial charge in [0.15, 0.2) is 0 Å². The molecular formula is C18H20N6O. The van der Waals surface area contributed by atoms with E-state index in [0.29, 0.717) is 5.95 Å². The zero-order chi connectivity index (χ0) is 17.1. The first-order chi connectivity index (χ1) is 12.3. The van der Waals surface area contributed by atoms with E-state index < -0.39 is 0 Å². The van der Waals surface area contributed by atoms with E-state index in [0.717, 1.165) is 42.8 Å². The highest BCUT2D eigenvalue weighted by atomic mass is 16.2. The minimum atomic E-state index is -0.227. The molecule has 0 aliphatic carbocycles. The largest absolute Gasteiger partial charge is 0.356 e. The predicted molar refractivity (Wildman–Crippen MR) is 97.7 cm³/mol. The SMILES string of the molecule is O=C(Nc1nc2ccccc2[nH]1)NC1CCN(c2ccccn2)CC1. The number of carbonyl (C=O) groups excluding carboxylic acids is 1. The summed E-state index contributed by atoms with van der Waals surface area (Å²) in [4.78, 5) is 26.3. The number of hydrogen-bond donors (Lipinski definition) is 3. The van der Waals surface area contributed by atoms with Gasteiger partial charge in [-0.2, -0.15) is 0 Å². The average molecular weight is 336 g/mol. The van der Waals surface area contributed by atoms with Crippen molar-refractivity contribution in [1.29, 1.82) is 0 Å². The Labute approximate surface area is 145 Å². The Morgan fingerprint density at radius 1 is 1.12 bits per heavy atom. The number of anilines is 2. The molecule has 1 aromatic carbocycles. The van der Waals surface area contributed by atoms with E-state index in [1.165, 1.54) is 0 Å². The topological polar surface area (TPSA) is 85.9 Å². The molecule has 0 unspecified atom stereocenters. The standard InChI is InChI=1S/C18H20N6O/c25-18(23-17-21-14-5-1-2-6-15(14)22-17)20-13-8-11-24(12-9-13)16-7-3-4-10-19-16/h1-7,10,13H,8-9,11-12H2,(H3,20,21,22,23,25). The number of aromatic amines is 1. The zero-order valence-corrected chi connectivity index (χ0v) is 13.8. The summed E-state index contributed by atoms with van der Waals surface area (Å²) in [6.45, 7) is 1.76. The molecular weight excluding hydrogens is 316 g/mol. The van der Waals surface area contributed by atoms with E-state index in [4.69, 9.17) is 0 Å². The molecule has 2 aromatic heterocycles. The highest BCUT2D eigenvalue weighted by Crippen LogP contribution is 2.17. The average Bonchev–Trinajstić information content (AvgIpc) is 3.05. The number of pyridine rings is 1. The number of urea groups is 1. The number of para-hydroxylation sites is 2. The minimum absolute atomic E-state index is 0.157. The number of benzene rings is 1. The smallest absolute Gasteiger partial charge is 0.321 e. The van der Waals surface area contributed by atoms with E-state index in [2.05, 4.69) is 30.5 Å². The van der Waals surface area contributed by atoms with Crippen molar-refractivity contribution in [3.05, 3.63) is 48.7 Å². The summed E-state index contributed by atoms with van der Waals surface area (Å²) in [6, 6.07) is 13.5. The minimum Gasteiger partial charge on any atom is -0.356 e. The van der Waals surface area contributed by atoms with Gasteiger partial charge in [0, 0.05) is 25.3 Å². The van der Waals surface area contributed by atoms with Crippen LogP contribution in [0.15, 0.2) is 48.7 Å². The third-order valence-corrected chi connectivity index (χ3v) is 4.42. The maximum absolute atomic E-state index is 12.2. The number of hydrogen-bond acceptors (Lipinski definition) is 4. The van der Waals surface area contributed by atoms with Crippen molar-refractivity contribution in [2.24, 2.45) is 0 Å². The first kappa shape index (κ1) is 15.4. The molecule has 3 N–H and O–H groups in total. The summed E-state index contributed by atoms with van der Waals surface area (Å²) in [5, 5.41) is 5.81. The quantitative estimate of drug-likeness (QED) is 0.686. The molecule has 0 bridgehead atoms. The Morgan fingerprint density at radius 3 is 2.68 bits per heavy atom. The number of nitrogens with zero attached hydrogens (tertiary/aromatic N) is 3. The fourth-order valence-corrected chi connectivity index (χ4v) is 3.13. The van der Waals surface area contributed by atoms with Crippen molar-refractivity contribution in [1.82, 2.24) is 20.3 Å². The van der Waals surface area contributed by atoms with Gasteiger partial charge < -0.3 is 15.2 Å². The Hall–Kier alpha value is -3.09. The van der Waals surface area contributed by atoms with Crippen LogP contribution in [-0.4, -0.2) is 40.1 Å². The normalized spacial score (nSPS) is 15.3. The number of imidazole rings is 1. The maximum Gasteiger partial charge on any atom is 0.321 e. The van der Waals surface area contributed by atoms with Crippen LogP contribution < -0.4 is 15.5 Å². The number of amides is 2. The molecule has 4 rings (SSSR count). The van der Waals surface area contributed by atoms with Crippen LogP contribution in [0.25, 0.3) is 11.0 Å². The Kier molecular flexibility index (Phi) is 4.20. The van der Waals surface area contributed by atoms with Crippen LogP contribution in [0, 0.1) is 0 Å². The molecule has 0 saturated carbocycles. The van der Waals surface area contributed by atoms with Crippen molar-refractivity contribution in [2.75, 3.05) is 23.3 Å². The lowest BCUT2D eigenvalue weighted by molar-refractivity contribution is 0.246. The van der Waals surface area contributed by atoms with Gasteiger partial charge in [0.1, 0.15) is 5.82 Å². The van der Waals surface area contributed by atoms with Gasteiger partial charge >= 0.3 is 6.03 Å². The lowest BCUT2D eigenvalue weighted by Crippen LogP contribution is -2.46. The third-order valence-electron chi connectivity index (χ3n) is 4.42. The van der Waals surface area contributed by atoms with E-state index in [9.17, 15) is 4.79 Å². The summed E-state index contributed by atoms with van der Waals surface area (Å²) in [5.74, 6) is 1.46. The van der Waals surface area contributed by atoms with Crippen molar-refractivity contribution in [2.45, 2.75) is 18.9 Å². The first-order valence-electron chi connectivity index (χ1n) is 8.46. The number of aromatic nitrogens is 3. The molecule has 128 valence electrons. The second kappa shape index (κ2) is 6.80. The molecule has 1 aliphatic rings. The van der Waals surface area contributed by atoms with Crippen LogP contribution in [0.5, 0.6) is 0 Å². The first-order valence-corrected chi connectivity index (χ1v) is 8.46. The van der Waals surface area contributed by atoms with E-state index in [1.54, 1.807) is 6.20 Å². The molecule has 7 heteroatoms. The highest BCUT2D eigenvalue weighted by Gasteiger charge is 2.21. The molecule has 0 atom stereocenters. The monoisotopic (exact) mass is 336 g/mol. The lowest BCUT2D eigenvalue weighted by Gasteiger charge is -2.33. The predicted octanol–water partition coefficient (Wildman–Crippen LogP) is 2.75. The summed E-state index contributed by atoms with van der Waals surface area (Å²) in [7, 11) is 0. The van der Waals surface area contributed by atoms with Gasteiger partial charge in [-0.1, -0.05) is 18.2 Å². The second-order valence-electron chi connectivity index (χ2n) is 6.15. The van der Waals surface area contributed by atoms with Crippen LogP contribution in [0.1, 0.15) is 12.8 Å². The zero-order valence-electron chi connectivity index (χ0n) is 13.8. The number of rotatable bonds is 3. The molecule has 25 heavy (non-hydrogen) atoms. The van der Waals surface area contributed by atoms with Gasteiger partial charge in [-0.25, -0.2) is 14.8 Å². The molecule has 0 radical (unpaired) electrons. The molecule has 2 amide bonds. The molecule has 1 aliphatic heterocycles. The number of piperidine rings is 1. The Morgan fingerprint density at radius 2 is 1.92 bits per heavy atom. The Bertz CT molecular complexity index is 821. The van der Waals surface area contributed by atoms with Gasteiger partial charge in [-0.15, -0.1) is 0 Å². The van der Waals surface area contributed by atoms with Crippen LogP contribution in [-0.2, 0) is 0 Å². The molecule has 1 saturated heterocycles. The van der Waals surface area contributed by atoms with E-state index in [-0.39, 0.29) is 12.1 Å². The number of carbonyl (C=O) groups is 1. The van der Waals surface area contributed by atoms with Crippen LogP contribution >= 0.6 is 0 Å². The van der Waals surface area contributed by atoms with E-state index >= 15 is 0 Å². The van der Waals surface area contributed by atoms with Gasteiger partial charge in [0.25, 0.3) is 0 Å². The third kappa shape index (κ3) is 3.55. The number of H-pyrrole nitrogens is 1. The number of fused-ring (bicyclic) bond motifs is 1. The molecule has 3 heterocycles. The van der Waals surface area contributed by atoms with Gasteiger partial charge in [-0.3, -0.25) is 5.32 Å². The molecule has 7 nitrogen and oxygen atoms in total. The second-order valence-corrected chi connectivity index (χ2v) is 6.15. The maximum atomic E-state index is 12.2. The fourth-order valence-electron chi connectivity index (χ4n) is 3.13. The van der Waals surface area contributed by atoms with Crippen LogP contribution in [0.2, 0.25) is 0 Å². The van der Waals surface area contributed by atoms with Gasteiger partial charge in [0.05, 0.1) is 11.0 Å². The molecule has 3 aromatic rings. The Balaban J connectivity index is 1.30. The summed E-state index contributed by atoms with van der Waals surface area (Å²) in [6.07, 6.45) is 3.59. The fraction of sp³-hybridized carbons (Fsp3) is 0.278. The lowest BCUT2D eigenvalue weighted by atomic mass is 10.1. The van der Waals surface area contributed by atoms with Crippen LogP contribution in [0.3, 0.4) is 0 Å². The highest BCUT2D eigenvalue weighted by molar-refractivity contribution is 5.89. The summed E-state index contributed by atoms with van der Waals surface area (Å²) >= 11 is 0.